The van der Waals surface area contributed by atoms with E-state index in [0.717, 1.165) is 17.6 Å². The number of allylic oxidation sites excluding steroid dienone is 1. The monoisotopic (exact) mass is 523 g/mol. The van der Waals surface area contributed by atoms with Crippen LogP contribution < -0.4 is 0 Å². The van der Waals surface area contributed by atoms with Gasteiger partial charge in [-0.2, -0.15) is 0 Å². The standard InChI is InChI=1S/C30H37NO7/c1-17(32)37-25(2,3)30(35)22(33)16-28(38-30)23(36-6)12-13-26(4)27(5)18(11-14-29(26,28)34)15-20-19-9-7-8-10-21(19)31-24(20)27/h7-10,12,18,31,34-35H,11,13-16H2,1-6H3/t18-,26+,27+,28+,29-,30+/m1/s1. The number of hydrogen-bond acceptors (Lipinski definition) is 7. The van der Waals surface area contributed by atoms with Crippen LogP contribution in [0.25, 0.3) is 10.9 Å². The Balaban J connectivity index is 1.54. The number of rotatable bonds is 3. The van der Waals surface area contributed by atoms with E-state index in [0.29, 0.717) is 25.0 Å². The van der Waals surface area contributed by atoms with Crippen LogP contribution in [-0.2, 0) is 35.6 Å². The Bertz CT molecular complexity index is 1410. The number of para-hydroxylation sites is 1. The number of fused-ring (bicyclic) bond motifs is 8. The summed E-state index contributed by atoms with van der Waals surface area (Å²) in [6.07, 6.45) is 4.07. The van der Waals surface area contributed by atoms with E-state index in [1.165, 1.54) is 38.8 Å². The first-order chi connectivity index (χ1) is 17.7. The lowest BCUT2D eigenvalue weighted by atomic mass is 9.41. The fraction of sp³-hybridized carbons (Fsp3) is 0.600. The minimum absolute atomic E-state index is 0.279. The first kappa shape index (κ1) is 25.6. The number of carbonyl (C=O) groups excluding carboxylic acids is 2. The second kappa shape index (κ2) is 7.49. The van der Waals surface area contributed by atoms with E-state index in [-0.39, 0.29) is 12.3 Å². The Morgan fingerprint density at radius 2 is 1.92 bits per heavy atom. The van der Waals surface area contributed by atoms with Gasteiger partial charge in [0.05, 0.1) is 13.5 Å². The van der Waals surface area contributed by atoms with Crippen molar-refractivity contribution < 1.29 is 34.0 Å². The maximum atomic E-state index is 13.6. The molecule has 0 unspecified atom stereocenters. The number of benzene rings is 1. The van der Waals surface area contributed by atoms with Crippen LogP contribution in [0.2, 0.25) is 0 Å². The highest BCUT2D eigenvalue weighted by atomic mass is 16.7. The third-order valence-electron chi connectivity index (χ3n) is 10.8. The molecule has 2 fully saturated rings. The fourth-order valence-corrected chi connectivity index (χ4v) is 8.60. The van der Waals surface area contributed by atoms with Gasteiger partial charge < -0.3 is 29.4 Å². The number of aromatic amines is 1. The maximum Gasteiger partial charge on any atom is 0.303 e. The molecule has 0 amide bonds. The molecule has 8 nitrogen and oxygen atoms in total. The van der Waals surface area contributed by atoms with Crippen LogP contribution in [-0.4, -0.2) is 56.6 Å². The summed E-state index contributed by atoms with van der Waals surface area (Å²) in [5, 5.41) is 25.9. The van der Waals surface area contributed by atoms with E-state index >= 15 is 0 Å². The minimum atomic E-state index is -2.47. The van der Waals surface area contributed by atoms with Crippen LogP contribution in [0.5, 0.6) is 0 Å². The highest BCUT2D eigenvalue weighted by molar-refractivity contribution is 5.91. The van der Waals surface area contributed by atoms with Gasteiger partial charge in [0.1, 0.15) is 11.4 Å². The number of nitrogens with one attached hydrogen (secondary N) is 1. The molecule has 6 rings (SSSR count). The first-order valence-corrected chi connectivity index (χ1v) is 13.4. The van der Waals surface area contributed by atoms with Crippen LogP contribution in [0.3, 0.4) is 0 Å². The van der Waals surface area contributed by atoms with Crippen LogP contribution in [0.4, 0.5) is 0 Å². The van der Waals surface area contributed by atoms with Crippen LogP contribution in [0.1, 0.15) is 71.6 Å². The summed E-state index contributed by atoms with van der Waals surface area (Å²) in [7, 11) is 1.49. The zero-order chi connectivity index (χ0) is 27.5. The Labute approximate surface area is 222 Å². The number of hydrogen-bond donors (Lipinski definition) is 3. The van der Waals surface area contributed by atoms with Crippen molar-refractivity contribution in [2.24, 2.45) is 11.3 Å². The van der Waals surface area contributed by atoms with Crippen molar-refractivity contribution in [3.05, 3.63) is 47.4 Å². The molecule has 0 radical (unpaired) electrons. The number of ether oxygens (including phenoxy) is 3. The summed E-state index contributed by atoms with van der Waals surface area (Å²) in [6, 6.07) is 8.27. The normalized spacial score (nSPS) is 40.1. The van der Waals surface area contributed by atoms with E-state index in [1.807, 2.05) is 18.2 Å². The number of aliphatic hydroxyl groups is 2. The van der Waals surface area contributed by atoms with Gasteiger partial charge >= 0.3 is 5.97 Å². The van der Waals surface area contributed by atoms with Gasteiger partial charge in [0.15, 0.2) is 17.0 Å². The lowest BCUT2D eigenvalue weighted by Crippen LogP contribution is -2.74. The van der Waals surface area contributed by atoms with Gasteiger partial charge in [-0.1, -0.05) is 32.0 Å². The van der Waals surface area contributed by atoms with Crippen molar-refractivity contribution in [1.82, 2.24) is 4.98 Å². The second-order valence-electron chi connectivity index (χ2n) is 12.6. The molecule has 6 atom stereocenters. The summed E-state index contributed by atoms with van der Waals surface area (Å²) in [6.45, 7) is 8.40. The van der Waals surface area contributed by atoms with Gasteiger partial charge in [-0.3, -0.25) is 9.59 Å². The Kier molecular flexibility index (Phi) is 5.04. The molecule has 1 saturated carbocycles. The van der Waals surface area contributed by atoms with Crippen molar-refractivity contribution in [1.29, 1.82) is 0 Å². The third kappa shape index (κ3) is 2.66. The van der Waals surface area contributed by atoms with Crippen LogP contribution >= 0.6 is 0 Å². The number of methoxy groups -OCH3 is 1. The molecule has 8 heteroatoms. The van der Waals surface area contributed by atoms with Crippen molar-refractivity contribution in [3.63, 3.8) is 0 Å². The summed E-state index contributed by atoms with van der Waals surface area (Å²) in [5.41, 5.74) is -2.71. The average molecular weight is 524 g/mol. The van der Waals surface area contributed by atoms with E-state index in [4.69, 9.17) is 14.2 Å². The summed E-state index contributed by atoms with van der Waals surface area (Å²) in [4.78, 5) is 29.2. The van der Waals surface area contributed by atoms with Gasteiger partial charge in [-0.25, -0.2) is 0 Å². The molecule has 1 aliphatic heterocycles. The van der Waals surface area contributed by atoms with E-state index < -0.39 is 45.2 Å². The minimum Gasteiger partial charge on any atom is -0.498 e. The van der Waals surface area contributed by atoms with Gasteiger partial charge in [0.2, 0.25) is 0 Å². The lowest BCUT2D eigenvalue weighted by molar-refractivity contribution is -0.339. The molecule has 3 aliphatic carbocycles. The third-order valence-corrected chi connectivity index (χ3v) is 10.8. The molecular weight excluding hydrogens is 486 g/mol. The molecule has 204 valence electrons. The topological polar surface area (TPSA) is 118 Å². The first-order valence-electron chi connectivity index (χ1n) is 13.4. The van der Waals surface area contributed by atoms with Gasteiger partial charge in [0.25, 0.3) is 5.79 Å². The average Bonchev–Trinajstić information content (AvgIpc) is 3.45. The van der Waals surface area contributed by atoms with Crippen LogP contribution in [0, 0.1) is 11.3 Å². The number of ketones is 1. The van der Waals surface area contributed by atoms with E-state index in [2.05, 4.69) is 31.0 Å². The summed E-state index contributed by atoms with van der Waals surface area (Å²) in [5.74, 6) is -3.18. The predicted octanol–water partition coefficient (Wildman–Crippen LogP) is 3.82. The molecule has 1 saturated heterocycles. The molecule has 1 aromatic carbocycles. The van der Waals surface area contributed by atoms with Crippen molar-refractivity contribution in [2.75, 3.05) is 7.11 Å². The van der Waals surface area contributed by atoms with Crippen molar-refractivity contribution >= 4 is 22.7 Å². The second-order valence-corrected chi connectivity index (χ2v) is 12.6. The number of H-pyrrole nitrogens is 1. The molecule has 2 heterocycles. The molecular formula is C30H37NO7. The quantitative estimate of drug-likeness (QED) is 0.524. The Hall–Kier alpha value is -2.68. The Morgan fingerprint density at radius 3 is 2.61 bits per heavy atom. The highest BCUT2D eigenvalue weighted by Gasteiger charge is 2.80. The zero-order valence-electron chi connectivity index (χ0n) is 22.9. The molecule has 2 aromatic rings. The predicted molar refractivity (Wildman–Crippen MR) is 139 cm³/mol. The Morgan fingerprint density at radius 1 is 1.21 bits per heavy atom. The fourth-order valence-electron chi connectivity index (χ4n) is 8.60. The molecule has 1 aromatic heterocycles. The molecule has 0 bridgehead atoms. The molecule has 3 N–H and O–H groups in total. The van der Waals surface area contributed by atoms with E-state index in [1.54, 1.807) is 0 Å². The summed E-state index contributed by atoms with van der Waals surface area (Å²) < 4.78 is 17.6. The highest BCUT2D eigenvalue weighted by Crippen LogP contribution is 2.71. The van der Waals surface area contributed by atoms with Gasteiger partial charge in [-0.15, -0.1) is 0 Å². The molecule has 38 heavy (non-hydrogen) atoms. The molecule has 1 spiro atoms. The van der Waals surface area contributed by atoms with Gasteiger partial charge in [-0.05, 0) is 63.2 Å². The van der Waals surface area contributed by atoms with Gasteiger partial charge in [0, 0.05) is 34.4 Å². The van der Waals surface area contributed by atoms with Crippen molar-refractivity contribution in [2.45, 2.75) is 94.7 Å². The van der Waals surface area contributed by atoms with Crippen molar-refractivity contribution in [3.8, 4) is 0 Å². The number of aromatic nitrogens is 1. The number of esters is 1. The SMILES string of the molecule is COC1=CC[C@]2(C)[C@](O)(CC[C@@H]3Cc4c([nH]c5ccccc45)[C@]32C)[C@]12CC(=O)[C@@](O)(C(C)(C)OC(C)=O)O2. The summed E-state index contributed by atoms with van der Waals surface area (Å²) >= 11 is 0. The van der Waals surface area contributed by atoms with E-state index in [9.17, 15) is 19.8 Å². The number of Topliss-reactive ketones (excluding diaryl/α,β-unsaturated/α-hetero) is 1. The largest absolute Gasteiger partial charge is 0.498 e. The smallest absolute Gasteiger partial charge is 0.303 e. The maximum absolute atomic E-state index is 13.6. The molecule has 4 aliphatic rings. The number of carbonyl (C=O) groups is 2. The zero-order valence-corrected chi connectivity index (χ0v) is 22.9. The van der Waals surface area contributed by atoms with Crippen LogP contribution in [0.15, 0.2) is 36.1 Å². The lowest BCUT2D eigenvalue weighted by Gasteiger charge is -2.66.